The maximum absolute atomic E-state index is 10.3. The Labute approximate surface area is 99.3 Å². The second kappa shape index (κ2) is 5.75. The summed E-state index contributed by atoms with van der Waals surface area (Å²) in [5.74, 6) is -0.123. The van der Waals surface area contributed by atoms with E-state index in [1.54, 1.807) is 12.4 Å². The van der Waals surface area contributed by atoms with Crippen molar-refractivity contribution in [3.8, 4) is 0 Å². The first-order chi connectivity index (χ1) is 8.42. The van der Waals surface area contributed by atoms with E-state index in [1.165, 1.54) is 0 Å². The van der Waals surface area contributed by atoms with E-state index < -0.39 is 0 Å². The van der Waals surface area contributed by atoms with E-state index in [0.29, 0.717) is 6.47 Å². The molecule has 4 heteroatoms. The van der Waals surface area contributed by atoms with Crippen molar-refractivity contribution < 1.29 is 9.53 Å². The highest BCUT2D eigenvalue weighted by atomic mass is 16.5. The molecule has 2 aromatic rings. The first-order valence-electron chi connectivity index (χ1n) is 5.29. The van der Waals surface area contributed by atoms with Crippen molar-refractivity contribution in [1.29, 1.82) is 0 Å². The Balaban J connectivity index is 2.29. The predicted octanol–water partition coefficient (Wildman–Crippen LogP) is 1.78. The number of pyridine rings is 2. The van der Waals surface area contributed by atoms with Crippen LogP contribution in [0.25, 0.3) is 0 Å². The Bertz CT molecular complexity index is 420. The molecule has 0 bridgehead atoms. The molecule has 4 nitrogen and oxygen atoms in total. The molecule has 0 spiro atoms. The molecule has 2 heterocycles. The van der Waals surface area contributed by atoms with Crippen molar-refractivity contribution in [3.63, 3.8) is 0 Å². The fourth-order valence-corrected chi connectivity index (χ4v) is 1.62. The van der Waals surface area contributed by atoms with Crippen LogP contribution in [0.1, 0.15) is 17.3 Å². The van der Waals surface area contributed by atoms with Crippen molar-refractivity contribution in [2.45, 2.75) is 5.92 Å². The van der Waals surface area contributed by atoms with Crippen LogP contribution in [0.15, 0.2) is 48.8 Å². The minimum atomic E-state index is -0.123. The Kier molecular flexibility index (Phi) is 3.81. The summed E-state index contributed by atoms with van der Waals surface area (Å²) in [4.78, 5) is 18.9. The van der Waals surface area contributed by atoms with Crippen LogP contribution >= 0.6 is 0 Å². The molecule has 2 rings (SSSR count). The number of nitrogens with zero attached hydrogens (tertiary/aromatic N) is 2. The van der Waals surface area contributed by atoms with E-state index in [2.05, 4.69) is 9.97 Å². The largest absolute Gasteiger partial charge is 0.467 e. The lowest BCUT2D eigenvalue weighted by atomic mass is 10.0. The number of aromatic nitrogens is 2. The van der Waals surface area contributed by atoms with Gasteiger partial charge in [0, 0.05) is 12.4 Å². The van der Waals surface area contributed by atoms with Crippen LogP contribution in [0.4, 0.5) is 0 Å². The average molecular weight is 228 g/mol. The topological polar surface area (TPSA) is 52.1 Å². The lowest BCUT2D eigenvalue weighted by Crippen LogP contribution is -2.12. The molecule has 86 valence electrons. The quantitative estimate of drug-likeness (QED) is 0.732. The van der Waals surface area contributed by atoms with Gasteiger partial charge in [-0.1, -0.05) is 12.1 Å². The summed E-state index contributed by atoms with van der Waals surface area (Å²) in [5.41, 5.74) is 1.68. The zero-order chi connectivity index (χ0) is 11.9. The molecule has 0 unspecified atom stereocenters. The van der Waals surface area contributed by atoms with Crippen molar-refractivity contribution in [3.05, 3.63) is 60.2 Å². The van der Waals surface area contributed by atoms with Crippen molar-refractivity contribution in [2.24, 2.45) is 0 Å². The number of carbonyl (C=O) groups is 1. The van der Waals surface area contributed by atoms with E-state index in [1.807, 2.05) is 36.4 Å². The lowest BCUT2D eigenvalue weighted by molar-refractivity contribution is -0.128. The highest BCUT2D eigenvalue weighted by Gasteiger charge is 2.16. The molecule has 0 radical (unpaired) electrons. The summed E-state index contributed by atoms with van der Waals surface area (Å²) >= 11 is 0. The molecular formula is C13H12N2O2. The monoisotopic (exact) mass is 228 g/mol. The van der Waals surface area contributed by atoms with Gasteiger partial charge in [-0.25, -0.2) is 0 Å². The van der Waals surface area contributed by atoms with Gasteiger partial charge >= 0.3 is 0 Å². The number of rotatable bonds is 5. The lowest BCUT2D eigenvalue weighted by Gasteiger charge is -2.14. The van der Waals surface area contributed by atoms with Gasteiger partial charge in [0.1, 0.15) is 6.61 Å². The number of ether oxygens (including phenoxy) is 1. The van der Waals surface area contributed by atoms with Crippen LogP contribution in [-0.4, -0.2) is 23.0 Å². The zero-order valence-electron chi connectivity index (χ0n) is 9.19. The van der Waals surface area contributed by atoms with Gasteiger partial charge in [-0.3, -0.25) is 14.8 Å². The van der Waals surface area contributed by atoms with E-state index in [0.717, 1.165) is 11.4 Å². The maximum atomic E-state index is 10.3. The Morgan fingerprint density at radius 2 is 1.65 bits per heavy atom. The maximum Gasteiger partial charge on any atom is 0.293 e. The summed E-state index contributed by atoms with van der Waals surface area (Å²) in [6.07, 6.45) is 3.43. The molecule has 0 saturated heterocycles. The van der Waals surface area contributed by atoms with Crippen LogP contribution in [0.2, 0.25) is 0 Å². The number of hydrogen-bond donors (Lipinski definition) is 0. The van der Waals surface area contributed by atoms with Gasteiger partial charge in [0.25, 0.3) is 6.47 Å². The van der Waals surface area contributed by atoms with Crippen LogP contribution in [0.5, 0.6) is 0 Å². The molecule has 0 aromatic carbocycles. The highest BCUT2D eigenvalue weighted by Crippen LogP contribution is 2.20. The standard InChI is InChI=1S/C13H12N2O2/c16-10-17-9-11(12-5-1-3-7-14-12)13-6-2-4-8-15-13/h1-8,10-11H,9H2. The first-order valence-corrected chi connectivity index (χ1v) is 5.29. The Morgan fingerprint density at radius 3 is 2.06 bits per heavy atom. The summed E-state index contributed by atoms with van der Waals surface area (Å²) in [7, 11) is 0. The molecule has 0 aliphatic heterocycles. The molecule has 0 amide bonds. The average Bonchev–Trinajstić information content (AvgIpc) is 2.42. The van der Waals surface area contributed by atoms with Crippen LogP contribution in [-0.2, 0) is 9.53 Å². The fourth-order valence-electron chi connectivity index (χ4n) is 1.62. The van der Waals surface area contributed by atoms with E-state index >= 15 is 0 Å². The summed E-state index contributed by atoms with van der Waals surface area (Å²) in [5, 5.41) is 0. The van der Waals surface area contributed by atoms with Crippen LogP contribution in [0, 0.1) is 0 Å². The Morgan fingerprint density at radius 1 is 1.06 bits per heavy atom. The minimum Gasteiger partial charge on any atom is -0.467 e. The molecule has 17 heavy (non-hydrogen) atoms. The first kappa shape index (κ1) is 11.3. The minimum absolute atomic E-state index is 0.123. The molecular weight excluding hydrogens is 216 g/mol. The van der Waals surface area contributed by atoms with Gasteiger partial charge in [0.2, 0.25) is 0 Å². The highest BCUT2D eigenvalue weighted by molar-refractivity contribution is 5.37. The van der Waals surface area contributed by atoms with E-state index in [-0.39, 0.29) is 12.5 Å². The van der Waals surface area contributed by atoms with E-state index in [4.69, 9.17) is 4.74 Å². The summed E-state index contributed by atoms with van der Waals surface area (Å²) in [6, 6.07) is 11.3. The van der Waals surface area contributed by atoms with E-state index in [9.17, 15) is 4.79 Å². The molecule has 0 atom stereocenters. The van der Waals surface area contributed by atoms with Crippen LogP contribution < -0.4 is 0 Å². The van der Waals surface area contributed by atoms with Gasteiger partial charge in [0.15, 0.2) is 0 Å². The normalized spacial score (nSPS) is 10.2. The van der Waals surface area contributed by atoms with Crippen molar-refractivity contribution >= 4 is 6.47 Å². The molecule has 0 N–H and O–H groups in total. The van der Waals surface area contributed by atoms with Gasteiger partial charge in [-0.15, -0.1) is 0 Å². The third kappa shape index (κ3) is 2.87. The third-order valence-corrected chi connectivity index (χ3v) is 2.42. The van der Waals surface area contributed by atoms with Gasteiger partial charge in [-0.05, 0) is 24.3 Å². The SMILES string of the molecule is O=COCC(c1ccccn1)c1ccccn1. The van der Waals surface area contributed by atoms with Gasteiger partial charge in [0.05, 0.1) is 17.3 Å². The number of carbonyl (C=O) groups excluding carboxylic acids is 1. The second-order valence-electron chi connectivity index (χ2n) is 3.49. The second-order valence-corrected chi connectivity index (χ2v) is 3.49. The summed E-state index contributed by atoms with van der Waals surface area (Å²) in [6.45, 7) is 0.691. The van der Waals surface area contributed by atoms with Crippen LogP contribution in [0.3, 0.4) is 0 Å². The predicted molar refractivity (Wildman–Crippen MR) is 62.3 cm³/mol. The molecule has 0 aliphatic carbocycles. The number of hydrogen-bond acceptors (Lipinski definition) is 4. The molecule has 0 aliphatic rings. The Hall–Kier alpha value is -2.23. The molecule has 2 aromatic heterocycles. The molecule has 0 saturated carbocycles. The third-order valence-electron chi connectivity index (χ3n) is 2.42. The zero-order valence-corrected chi connectivity index (χ0v) is 9.19. The summed E-state index contributed by atoms with van der Waals surface area (Å²) < 4.78 is 4.84. The smallest absolute Gasteiger partial charge is 0.293 e. The van der Waals surface area contributed by atoms with Crippen molar-refractivity contribution in [2.75, 3.05) is 6.61 Å². The fraction of sp³-hybridized carbons (Fsp3) is 0.154. The molecule has 0 fully saturated rings. The van der Waals surface area contributed by atoms with Gasteiger partial charge < -0.3 is 4.74 Å². The van der Waals surface area contributed by atoms with Gasteiger partial charge in [-0.2, -0.15) is 0 Å². The van der Waals surface area contributed by atoms with Crippen molar-refractivity contribution in [1.82, 2.24) is 9.97 Å².